The Balaban J connectivity index is 0.000000255. The molecule has 3 heteroatoms. The molecule has 0 radical (unpaired) electrons. The van der Waals surface area contributed by atoms with Crippen LogP contribution in [0.5, 0.6) is 0 Å². The number of rotatable bonds is 3. The molecular weight excluding hydrogens is 176 g/mol. The molecule has 0 saturated carbocycles. The van der Waals surface area contributed by atoms with Crippen molar-refractivity contribution in [2.24, 2.45) is 5.73 Å². The molecule has 0 bridgehead atoms. The maximum Gasteiger partial charge on any atom is 0.0558 e. The standard InChI is InChI=1S/C7H9N.C4H11NO/c8-6-7-4-2-1-3-5-7;1-5(2)3-4-6/h1-5H,6,8H2;6H,3-4H2,1-2H3. The van der Waals surface area contributed by atoms with Crippen LogP contribution in [0.25, 0.3) is 0 Å². The van der Waals surface area contributed by atoms with Crippen LogP contribution in [0.15, 0.2) is 30.3 Å². The maximum absolute atomic E-state index is 8.20. The molecule has 3 N–H and O–H groups in total. The summed E-state index contributed by atoms with van der Waals surface area (Å²) in [5.41, 5.74) is 6.54. The van der Waals surface area contributed by atoms with Gasteiger partial charge in [0.1, 0.15) is 0 Å². The van der Waals surface area contributed by atoms with Crippen LogP contribution in [-0.4, -0.2) is 37.3 Å². The Morgan fingerprint density at radius 3 is 2.00 bits per heavy atom. The highest BCUT2D eigenvalue weighted by Crippen LogP contribution is 1.94. The summed E-state index contributed by atoms with van der Waals surface area (Å²) in [5, 5.41) is 8.20. The second-order valence-electron chi connectivity index (χ2n) is 3.22. The fourth-order valence-corrected chi connectivity index (χ4v) is 0.814. The third-order valence-electron chi connectivity index (χ3n) is 1.63. The fraction of sp³-hybridized carbons (Fsp3) is 0.455. The number of aliphatic hydroxyl groups is 1. The van der Waals surface area contributed by atoms with Crippen LogP contribution in [0, 0.1) is 0 Å². The quantitative estimate of drug-likeness (QED) is 0.747. The van der Waals surface area contributed by atoms with Crippen LogP contribution in [0.3, 0.4) is 0 Å². The van der Waals surface area contributed by atoms with Crippen LogP contribution in [-0.2, 0) is 6.54 Å². The molecule has 0 heterocycles. The van der Waals surface area contributed by atoms with E-state index < -0.39 is 0 Å². The van der Waals surface area contributed by atoms with Gasteiger partial charge in [0.25, 0.3) is 0 Å². The van der Waals surface area contributed by atoms with E-state index in [0.717, 1.165) is 6.54 Å². The Morgan fingerprint density at radius 2 is 1.79 bits per heavy atom. The average Bonchev–Trinajstić information content (AvgIpc) is 2.20. The number of likely N-dealkylation sites (N-methyl/N-ethyl adjacent to an activating group) is 1. The second kappa shape index (κ2) is 8.69. The minimum absolute atomic E-state index is 0.257. The summed E-state index contributed by atoms with van der Waals surface area (Å²) in [6.07, 6.45) is 0. The van der Waals surface area contributed by atoms with Crippen molar-refractivity contribution in [1.82, 2.24) is 4.90 Å². The van der Waals surface area contributed by atoms with Crippen molar-refractivity contribution < 1.29 is 5.11 Å². The van der Waals surface area contributed by atoms with Crippen LogP contribution in [0.2, 0.25) is 0 Å². The number of hydrogen-bond donors (Lipinski definition) is 2. The van der Waals surface area contributed by atoms with Gasteiger partial charge in [0.2, 0.25) is 0 Å². The first-order valence-electron chi connectivity index (χ1n) is 4.70. The minimum Gasteiger partial charge on any atom is -0.395 e. The van der Waals surface area contributed by atoms with Gasteiger partial charge in [0, 0.05) is 13.1 Å². The number of aliphatic hydroxyl groups excluding tert-OH is 1. The summed E-state index contributed by atoms with van der Waals surface area (Å²) < 4.78 is 0. The van der Waals surface area contributed by atoms with Crippen LogP contribution in [0.1, 0.15) is 5.56 Å². The summed E-state index contributed by atoms with van der Waals surface area (Å²) >= 11 is 0. The highest BCUT2D eigenvalue weighted by atomic mass is 16.3. The number of hydrogen-bond acceptors (Lipinski definition) is 3. The molecule has 0 spiro atoms. The van der Waals surface area contributed by atoms with E-state index in [1.807, 2.05) is 49.3 Å². The van der Waals surface area contributed by atoms with Crippen molar-refractivity contribution in [3.63, 3.8) is 0 Å². The lowest BCUT2D eigenvalue weighted by molar-refractivity contribution is 0.243. The van der Waals surface area contributed by atoms with E-state index >= 15 is 0 Å². The zero-order valence-corrected chi connectivity index (χ0v) is 8.98. The average molecular weight is 196 g/mol. The summed E-state index contributed by atoms with van der Waals surface area (Å²) in [4.78, 5) is 1.93. The summed E-state index contributed by atoms with van der Waals surface area (Å²) in [6, 6.07) is 9.99. The molecule has 0 saturated heterocycles. The number of benzene rings is 1. The van der Waals surface area contributed by atoms with E-state index in [0.29, 0.717) is 6.54 Å². The predicted molar refractivity (Wildman–Crippen MR) is 60.0 cm³/mol. The molecule has 80 valence electrons. The zero-order chi connectivity index (χ0) is 10.8. The molecule has 1 aromatic rings. The van der Waals surface area contributed by atoms with Gasteiger partial charge in [-0.1, -0.05) is 30.3 Å². The van der Waals surface area contributed by atoms with E-state index in [1.54, 1.807) is 0 Å². The van der Waals surface area contributed by atoms with Crippen LogP contribution < -0.4 is 5.73 Å². The van der Waals surface area contributed by atoms with Crippen molar-refractivity contribution in [3.05, 3.63) is 35.9 Å². The first-order valence-corrected chi connectivity index (χ1v) is 4.70. The SMILES string of the molecule is CN(C)CCO.NCc1ccccc1. The van der Waals surface area contributed by atoms with E-state index in [2.05, 4.69) is 0 Å². The molecule has 0 fully saturated rings. The zero-order valence-electron chi connectivity index (χ0n) is 8.98. The lowest BCUT2D eigenvalue weighted by atomic mass is 10.2. The van der Waals surface area contributed by atoms with E-state index in [-0.39, 0.29) is 6.61 Å². The number of nitrogens with two attached hydrogens (primary N) is 1. The van der Waals surface area contributed by atoms with Gasteiger partial charge in [-0.15, -0.1) is 0 Å². The lowest BCUT2D eigenvalue weighted by Crippen LogP contribution is -2.15. The first kappa shape index (κ1) is 13.1. The lowest BCUT2D eigenvalue weighted by Gasteiger charge is -2.03. The molecule has 0 aromatic heterocycles. The summed E-state index contributed by atoms with van der Waals surface area (Å²) in [5.74, 6) is 0. The predicted octanol–water partition coefficient (Wildman–Crippen LogP) is 0.686. The minimum atomic E-state index is 0.257. The monoisotopic (exact) mass is 196 g/mol. The van der Waals surface area contributed by atoms with Gasteiger partial charge in [-0.2, -0.15) is 0 Å². The molecule has 1 aromatic carbocycles. The van der Waals surface area contributed by atoms with Gasteiger partial charge in [-0.25, -0.2) is 0 Å². The van der Waals surface area contributed by atoms with Crippen molar-refractivity contribution in [1.29, 1.82) is 0 Å². The Hall–Kier alpha value is -0.900. The van der Waals surface area contributed by atoms with Gasteiger partial charge in [-0.3, -0.25) is 0 Å². The molecule has 14 heavy (non-hydrogen) atoms. The topological polar surface area (TPSA) is 49.5 Å². The normalized spacial score (nSPS) is 9.50. The maximum atomic E-state index is 8.20. The van der Waals surface area contributed by atoms with Crippen LogP contribution >= 0.6 is 0 Å². The summed E-state index contributed by atoms with van der Waals surface area (Å²) in [7, 11) is 3.85. The van der Waals surface area contributed by atoms with E-state index in [1.165, 1.54) is 5.56 Å². The Labute approximate surface area is 86.2 Å². The highest BCUT2D eigenvalue weighted by Gasteiger charge is 1.80. The van der Waals surface area contributed by atoms with Crippen molar-refractivity contribution in [3.8, 4) is 0 Å². The second-order valence-corrected chi connectivity index (χ2v) is 3.22. The Kier molecular flexibility index (Phi) is 8.13. The fourth-order valence-electron chi connectivity index (χ4n) is 0.814. The summed E-state index contributed by atoms with van der Waals surface area (Å²) in [6.45, 7) is 1.66. The first-order chi connectivity index (χ1) is 6.70. The molecule has 1 rings (SSSR count). The highest BCUT2D eigenvalue weighted by molar-refractivity contribution is 5.13. The smallest absolute Gasteiger partial charge is 0.0558 e. The molecule has 3 nitrogen and oxygen atoms in total. The van der Waals surface area contributed by atoms with E-state index in [9.17, 15) is 0 Å². The Bertz CT molecular complexity index is 212. The van der Waals surface area contributed by atoms with Crippen molar-refractivity contribution >= 4 is 0 Å². The van der Waals surface area contributed by atoms with Gasteiger partial charge in [0.05, 0.1) is 6.61 Å². The van der Waals surface area contributed by atoms with E-state index in [4.69, 9.17) is 10.8 Å². The van der Waals surface area contributed by atoms with Gasteiger partial charge in [0.15, 0.2) is 0 Å². The molecule has 0 unspecified atom stereocenters. The third-order valence-corrected chi connectivity index (χ3v) is 1.63. The largest absolute Gasteiger partial charge is 0.395 e. The van der Waals surface area contributed by atoms with Gasteiger partial charge in [-0.05, 0) is 19.7 Å². The molecular formula is C11H20N2O. The van der Waals surface area contributed by atoms with Crippen molar-refractivity contribution in [2.45, 2.75) is 6.54 Å². The number of nitrogens with zero attached hydrogens (tertiary/aromatic N) is 1. The third kappa shape index (κ3) is 7.73. The van der Waals surface area contributed by atoms with Crippen LogP contribution in [0.4, 0.5) is 0 Å². The van der Waals surface area contributed by atoms with Crippen molar-refractivity contribution in [2.75, 3.05) is 27.2 Å². The molecule has 0 aliphatic heterocycles. The van der Waals surface area contributed by atoms with Gasteiger partial charge >= 0.3 is 0 Å². The molecule has 0 atom stereocenters. The molecule has 0 aliphatic carbocycles. The molecule has 0 amide bonds. The molecule has 0 aliphatic rings. The van der Waals surface area contributed by atoms with Gasteiger partial charge < -0.3 is 15.7 Å². The Morgan fingerprint density at radius 1 is 1.21 bits per heavy atom.